The SMILES string of the molecule is c1ccc(CCNCC2CC2(c2ccccc2)c2ccccc2)cc1. The Kier molecular flexibility index (Phi) is 4.67. The third-order valence-electron chi connectivity index (χ3n) is 5.51. The van der Waals surface area contributed by atoms with Gasteiger partial charge in [-0.3, -0.25) is 0 Å². The van der Waals surface area contributed by atoms with E-state index in [2.05, 4.69) is 96.3 Å². The number of rotatable bonds is 7. The van der Waals surface area contributed by atoms with E-state index >= 15 is 0 Å². The molecule has 4 rings (SSSR count). The number of benzene rings is 3. The maximum atomic E-state index is 3.69. The van der Waals surface area contributed by atoms with E-state index in [-0.39, 0.29) is 5.41 Å². The maximum Gasteiger partial charge on any atom is 0.0247 e. The van der Waals surface area contributed by atoms with Crippen LogP contribution in [0.3, 0.4) is 0 Å². The Labute approximate surface area is 150 Å². The Bertz CT molecular complexity index is 741. The summed E-state index contributed by atoms with van der Waals surface area (Å²) in [5.41, 5.74) is 4.51. The van der Waals surface area contributed by atoms with Crippen LogP contribution in [0.4, 0.5) is 0 Å². The van der Waals surface area contributed by atoms with Crippen LogP contribution in [0.5, 0.6) is 0 Å². The Hall–Kier alpha value is -2.38. The molecule has 0 spiro atoms. The molecule has 25 heavy (non-hydrogen) atoms. The molecule has 0 aromatic heterocycles. The van der Waals surface area contributed by atoms with Gasteiger partial charge in [-0.1, -0.05) is 91.0 Å². The minimum atomic E-state index is 0.197. The lowest BCUT2D eigenvalue weighted by Gasteiger charge is -2.19. The molecule has 3 aromatic carbocycles. The molecule has 1 aliphatic carbocycles. The van der Waals surface area contributed by atoms with Gasteiger partial charge in [-0.25, -0.2) is 0 Å². The molecule has 1 aliphatic rings. The molecular weight excluding hydrogens is 302 g/mol. The molecule has 0 bridgehead atoms. The Morgan fingerprint density at radius 3 is 1.80 bits per heavy atom. The van der Waals surface area contributed by atoms with Crippen LogP contribution < -0.4 is 5.32 Å². The topological polar surface area (TPSA) is 12.0 Å². The molecular formula is C24H25N. The molecule has 1 fully saturated rings. The van der Waals surface area contributed by atoms with Crippen molar-refractivity contribution >= 4 is 0 Å². The summed E-state index contributed by atoms with van der Waals surface area (Å²) in [5, 5.41) is 3.69. The van der Waals surface area contributed by atoms with Gasteiger partial charge in [0.05, 0.1) is 0 Å². The Morgan fingerprint density at radius 1 is 0.720 bits per heavy atom. The lowest BCUT2D eigenvalue weighted by Crippen LogP contribution is -2.24. The summed E-state index contributed by atoms with van der Waals surface area (Å²) < 4.78 is 0. The first-order valence-electron chi connectivity index (χ1n) is 9.25. The summed E-state index contributed by atoms with van der Waals surface area (Å²) >= 11 is 0. The van der Waals surface area contributed by atoms with Crippen molar-refractivity contribution in [1.82, 2.24) is 5.32 Å². The van der Waals surface area contributed by atoms with Gasteiger partial charge < -0.3 is 5.32 Å². The van der Waals surface area contributed by atoms with Crippen LogP contribution in [0.25, 0.3) is 0 Å². The monoisotopic (exact) mass is 327 g/mol. The minimum Gasteiger partial charge on any atom is -0.316 e. The van der Waals surface area contributed by atoms with Crippen LogP contribution in [0, 0.1) is 5.92 Å². The van der Waals surface area contributed by atoms with Crippen LogP contribution in [-0.2, 0) is 11.8 Å². The Balaban J connectivity index is 1.42. The van der Waals surface area contributed by atoms with Gasteiger partial charge >= 0.3 is 0 Å². The zero-order chi connectivity index (χ0) is 17.0. The summed E-state index contributed by atoms with van der Waals surface area (Å²) in [6.07, 6.45) is 2.33. The average molecular weight is 327 g/mol. The fraction of sp³-hybridized carbons (Fsp3) is 0.250. The van der Waals surface area contributed by atoms with Crippen molar-refractivity contribution in [2.45, 2.75) is 18.3 Å². The second-order valence-corrected chi connectivity index (χ2v) is 7.04. The summed E-state index contributed by atoms with van der Waals surface area (Å²) in [6.45, 7) is 2.12. The van der Waals surface area contributed by atoms with Gasteiger partial charge in [0.25, 0.3) is 0 Å². The normalized spacial score (nSPS) is 18.0. The van der Waals surface area contributed by atoms with Crippen molar-refractivity contribution in [2.24, 2.45) is 5.92 Å². The molecule has 1 N–H and O–H groups in total. The van der Waals surface area contributed by atoms with Crippen molar-refractivity contribution in [3.05, 3.63) is 108 Å². The molecule has 1 nitrogen and oxygen atoms in total. The van der Waals surface area contributed by atoms with Gasteiger partial charge in [0, 0.05) is 5.41 Å². The largest absolute Gasteiger partial charge is 0.316 e. The highest BCUT2D eigenvalue weighted by Gasteiger charge is 2.55. The lowest BCUT2D eigenvalue weighted by molar-refractivity contribution is 0.594. The highest BCUT2D eigenvalue weighted by atomic mass is 14.9. The first-order valence-corrected chi connectivity index (χ1v) is 9.25. The minimum absolute atomic E-state index is 0.197. The fourth-order valence-electron chi connectivity index (χ4n) is 4.07. The fourth-order valence-corrected chi connectivity index (χ4v) is 4.07. The third-order valence-corrected chi connectivity index (χ3v) is 5.51. The summed E-state index contributed by atoms with van der Waals surface area (Å²) in [4.78, 5) is 0. The average Bonchev–Trinajstić information content (AvgIpc) is 3.43. The molecule has 1 saturated carbocycles. The number of hydrogen-bond acceptors (Lipinski definition) is 1. The summed E-state index contributed by atoms with van der Waals surface area (Å²) in [7, 11) is 0. The molecule has 0 heterocycles. The van der Waals surface area contributed by atoms with Crippen LogP contribution in [0.2, 0.25) is 0 Å². The van der Waals surface area contributed by atoms with Crippen LogP contribution >= 0.6 is 0 Å². The van der Waals surface area contributed by atoms with Crippen LogP contribution in [0.15, 0.2) is 91.0 Å². The molecule has 1 unspecified atom stereocenters. The molecule has 3 aromatic rings. The molecule has 0 amide bonds. The second kappa shape index (κ2) is 7.25. The smallest absolute Gasteiger partial charge is 0.0247 e. The summed E-state index contributed by atoms with van der Waals surface area (Å²) in [5.74, 6) is 0.674. The van der Waals surface area contributed by atoms with E-state index < -0.39 is 0 Å². The quantitative estimate of drug-likeness (QED) is 0.613. The number of nitrogens with one attached hydrogen (secondary N) is 1. The van der Waals surface area contributed by atoms with Gasteiger partial charge in [-0.2, -0.15) is 0 Å². The molecule has 0 saturated heterocycles. The standard InChI is InChI=1S/C24H25N/c1-4-10-20(11-5-1)16-17-25-19-23-18-24(23,21-12-6-2-7-13-21)22-14-8-3-9-15-22/h1-15,23,25H,16-19H2. The molecule has 126 valence electrons. The van der Waals surface area contributed by atoms with Crippen molar-refractivity contribution in [3.63, 3.8) is 0 Å². The molecule has 1 atom stereocenters. The van der Waals surface area contributed by atoms with E-state index in [9.17, 15) is 0 Å². The van der Waals surface area contributed by atoms with E-state index in [1.165, 1.54) is 23.1 Å². The predicted molar refractivity (Wildman–Crippen MR) is 105 cm³/mol. The van der Waals surface area contributed by atoms with Crippen molar-refractivity contribution < 1.29 is 0 Å². The van der Waals surface area contributed by atoms with Crippen molar-refractivity contribution in [1.29, 1.82) is 0 Å². The van der Waals surface area contributed by atoms with Gasteiger partial charge in [0.15, 0.2) is 0 Å². The predicted octanol–water partition coefficient (Wildman–Crippen LogP) is 4.82. The van der Waals surface area contributed by atoms with E-state index in [4.69, 9.17) is 0 Å². The first-order chi connectivity index (χ1) is 12.4. The van der Waals surface area contributed by atoms with Crippen molar-refractivity contribution in [3.8, 4) is 0 Å². The van der Waals surface area contributed by atoms with E-state index in [0.717, 1.165) is 19.5 Å². The zero-order valence-electron chi connectivity index (χ0n) is 14.6. The highest BCUT2D eigenvalue weighted by Crippen LogP contribution is 2.58. The van der Waals surface area contributed by atoms with Crippen molar-refractivity contribution in [2.75, 3.05) is 13.1 Å². The number of hydrogen-bond donors (Lipinski definition) is 1. The van der Waals surface area contributed by atoms with Crippen LogP contribution in [0.1, 0.15) is 23.1 Å². The van der Waals surface area contributed by atoms with Gasteiger partial charge in [0.2, 0.25) is 0 Å². The van der Waals surface area contributed by atoms with Gasteiger partial charge in [-0.15, -0.1) is 0 Å². The first kappa shape index (κ1) is 16.1. The molecule has 0 radical (unpaired) electrons. The molecule has 1 heteroatoms. The second-order valence-electron chi connectivity index (χ2n) is 7.04. The van der Waals surface area contributed by atoms with Crippen LogP contribution in [-0.4, -0.2) is 13.1 Å². The Morgan fingerprint density at radius 2 is 1.24 bits per heavy atom. The summed E-state index contributed by atoms with van der Waals surface area (Å²) in [6, 6.07) is 32.8. The maximum absolute atomic E-state index is 3.69. The van der Waals surface area contributed by atoms with Gasteiger partial charge in [0.1, 0.15) is 0 Å². The zero-order valence-corrected chi connectivity index (χ0v) is 14.6. The van der Waals surface area contributed by atoms with E-state index in [0.29, 0.717) is 5.92 Å². The third kappa shape index (κ3) is 3.38. The lowest BCUT2D eigenvalue weighted by atomic mass is 9.86. The van der Waals surface area contributed by atoms with Gasteiger partial charge in [-0.05, 0) is 48.5 Å². The molecule has 0 aliphatic heterocycles. The van der Waals surface area contributed by atoms with E-state index in [1.807, 2.05) is 0 Å². The highest BCUT2D eigenvalue weighted by molar-refractivity contribution is 5.47. The van der Waals surface area contributed by atoms with E-state index in [1.54, 1.807) is 0 Å².